The second-order valence-corrected chi connectivity index (χ2v) is 4.43. The van der Waals surface area contributed by atoms with Gasteiger partial charge in [0.05, 0.1) is 0 Å². The van der Waals surface area contributed by atoms with E-state index in [4.69, 9.17) is 0 Å². The lowest BCUT2D eigenvalue weighted by Gasteiger charge is -2.19. The van der Waals surface area contributed by atoms with E-state index in [1.165, 1.54) is 13.8 Å². The Hall–Kier alpha value is -2.11. The fourth-order valence-electron chi connectivity index (χ4n) is 1.04. The monoisotopic (exact) mass is 283 g/mol. The van der Waals surface area contributed by atoms with Crippen LogP contribution in [0.15, 0.2) is 24.3 Å². The Labute approximate surface area is 118 Å². The van der Waals surface area contributed by atoms with Gasteiger partial charge in [0, 0.05) is 22.8 Å². The third kappa shape index (κ3) is 6.72. The molecule has 112 valence electrons. The van der Waals surface area contributed by atoms with Crippen molar-refractivity contribution in [2.45, 2.75) is 46.5 Å². The minimum absolute atomic E-state index is 0.0859. The topological polar surface area (TPSA) is 72.9 Å². The van der Waals surface area contributed by atoms with Crippen LogP contribution >= 0.6 is 0 Å². The Morgan fingerprint density at radius 2 is 1.40 bits per heavy atom. The molecule has 0 saturated carbocycles. The van der Waals surface area contributed by atoms with Gasteiger partial charge >= 0.3 is 11.9 Å². The first kappa shape index (κ1) is 17.9. The second-order valence-electron chi connectivity index (χ2n) is 4.43. The van der Waals surface area contributed by atoms with Crippen molar-refractivity contribution in [3.05, 3.63) is 24.3 Å². The molecule has 0 unspecified atom stereocenters. The summed E-state index contributed by atoms with van der Waals surface area (Å²) in [6, 6.07) is 0. The molecule has 0 atom stereocenters. The predicted octanol–water partition coefficient (Wildman–Crippen LogP) is 2.46. The standard InChI is InChI=1S/C14H21NO5/c1-6-7-8-9-12(16)15(19-13(17)10(2)3)20-14(18)11(4)5/h2,4,6-9H2,1,3,5H3. The van der Waals surface area contributed by atoms with Crippen molar-refractivity contribution >= 4 is 17.8 Å². The number of nitrogens with zero attached hydrogens (tertiary/aromatic N) is 1. The van der Waals surface area contributed by atoms with E-state index in [9.17, 15) is 14.4 Å². The summed E-state index contributed by atoms with van der Waals surface area (Å²) in [6.45, 7) is 11.6. The molecular formula is C14H21NO5. The molecule has 0 radical (unpaired) electrons. The number of unbranched alkanes of at least 4 members (excludes halogenated alkanes) is 2. The summed E-state index contributed by atoms with van der Waals surface area (Å²) in [4.78, 5) is 44.0. The van der Waals surface area contributed by atoms with Crippen LogP contribution in [0.5, 0.6) is 0 Å². The molecular weight excluding hydrogens is 262 g/mol. The van der Waals surface area contributed by atoms with Gasteiger partial charge in [0.15, 0.2) is 0 Å². The number of amides is 1. The summed E-state index contributed by atoms with van der Waals surface area (Å²) >= 11 is 0. The number of carbonyl (C=O) groups excluding carboxylic acids is 3. The van der Waals surface area contributed by atoms with Crippen molar-refractivity contribution in [2.75, 3.05) is 0 Å². The van der Waals surface area contributed by atoms with Crippen molar-refractivity contribution < 1.29 is 24.1 Å². The van der Waals surface area contributed by atoms with Crippen LogP contribution in [0.1, 0.15) is 46.5 Å². The molecule has 0 spiro atoms. The van der Waals surface area contributed by atoms with Crippen molar-refractivity contribution in [3.63, 3.8) is 0 Å². The minimum Gasteiger partial charge on any atom is -0.298 e. The third-order valence-electron chi connectivity index (χ3n) is 2.23. The highest BCUT2D eigenvalue weighted by Gasteiger charge is 2.23. The summed E-state index contributed by atoms with van der Waals surface area (Å²) in [5.41, 5.74) is 0.172. The Morgan fingerprint density at radius 3 is 1.75 bits per heavy atom. The SMILES string of the molecule is C=C(C)C(=O)ON(OC(=O)C(=C)C)C(=O)CCCCC. The Kier molecular flexibility index (Phi) is 7.96. The lowest BCUT2D eigenvalue weighted by atomic mass is 10.2. The van der Waals surface area contributed by atoms with Gasteiger partial charge in [-0.25, -0.2) is 9.59 Å². The molecule has 0 aliphatic heterocycles. The third-order valence-corrected chi connectivity index (χ3v) is 2.23. The maximum Gasteiger partial charge on any atom is 0.362 e. The van der Waals surface area contributed by atoms with Crippen LogP contribution < -0.4 is 0 Å². The normalized spacial score (nSPS) is 9.55. The number of hydroxylamine groups is 2. The highest BCUT2D eigenvalue weighted by atomic mass is 17.0. The molecule has 0 fully saturated rings. The average molecular weight is 283 g/mol. The van der Waals surface area contributed by atoms with E-state index < -0.39 is 17.8 Å². The lowest BCUT2D eigenvalue weighted by Crippen LogP contribution is -2.36. The zero-order valence-electron chi connectivity index (χ0n) is 12.2. The zero-order chi connectivity index (χ0) is 15.7. The van der Waals surface area contributed by atoms with Crippen molar-refractivity contribution in [1.82, 2.24) is 5.23 Å². The van der Waals surface area contributed by atoms with Crippen LogP contribution in [0.4, 0.5) is 0 Å². The predicted molar refractivity (Wildman–Crippen MR) is 72.8 cm³/mol. The van der Waals surface area contributed by atoms with Crippen LogP contribution in [0.25, 0.3) is 0 Å². The molecule has 0 heterocycles. The zero-order valence-corrected chi connectivity index (χ0v) is 12.2. The number of rotatable bonds is 6. The average Bonchev–Trinajstić information content (AvgIpc) is 2.37. The van der Waals surface area contributed by atoms with E-state index in [1.807, 2.05) is 6.92 Å². The maximum atomic E-state index is 11.8. The molecule has 0 aliphatic rings. The lowest BCUT2D eigenvalue weighted by molar-refractivity contribution is -0.302. The summed E-state index contributed by atoms with van der Waals surface area (Å²) in [5.74, 6) is -2.30. The molecule has 1 amide bonds. The largest absolute Gasteiger partial charge is 0.362 e. The first-order chi connectivity index (χ1) is 9.29. The molecule has 0 saturated heterocycles. The molecule has 0 rings (SSSR count). The van der Waals surface area contributed by atoms with E-state index in [2.05, 4.69) is 22.8 Å². The Balaban J connectivity index is 4.72. The van der Waals surface area contributed by atoms with E-state index in [-0.39, 0.29) is 17.6 Å². The highest BCUT2D eigenvalue weighted by molar-refractivity contribution is 5.90. The summed E-state index contributed by atoms with van der Waals surface area (Å²) in [6.07, 6.45) is 2.51. The van der Waals surface area contributed by atoms with E-state index in [0.717, 1.165) is 12.8 Å². The number of hydrogen-bond donors (Lipinski definition) is 0. The highest BCUT2D eigenvalue weighted by Crippen LogP contribution is 2.08. The molecule has 0 bridgehead atoms. The van der Waals surface area contributed by atoms with Gasteiger partial charge in [0.25, 0.3) is 5.91 Å². The molecule has 0 aromatic heterocycles. The molecule has 0 N–H and O–H groups in total. The number of carbonyl (C=O) groups is 3. The second kappa shape index (κ2) is 8.90. The molecule has 0 aliphatic carbocycles. The van der Waals surface area contributed by atoms with Gasteiger partial charge < -0.3 is 0 Å². The van der Waals surface area contributed by atoms with Gasteiger partial charge in [0.1, 0.15) is 0 Å². The van der Waals surface area contributed by atoms with Crippen molar-refractivity contribution in [2.24, 2.45) is 0 Å². The van der Waals surface area contributed by atoms with Crippen molar-refractivity contribution in [3.8, 4) is 0 Å². The first-order valence-corrected chi connectivity index (χ1v) is 6.38. The van der Waals surface area contributed by atoms with Crippen LogP contribution in [0.3, 0.4) is 0 Å². The molecule has 6 nitrogen and oxygen atoms in total. The van der Waals surface area contributed by atoms with E-state index in [0.29, 0.717) is 11.6 Å². The molecule has 20 heavy (non-hydrogen) atoms. The molecule has 0 aromatic carbocycles. The van der Waals surface area contributed by atoms with Gasteiger partial charge in [-0.3, -0.25) is 14.5 Å². The summed E-state index contributed by atoms with van der Waals surface area (Å²) in [5, 5.41) is 0.309. The van der Waals surface area contributed by atoms with Crippen LogP contribution in [0.2, 0.25) is 0 Å². The van der Waals surface area contributed by atoms with Gasteiger partial charge in [-0.05, 0) is 20.3 Å². The van der Waals surface area contributed by atoms with E-state index in [1.54, 1.807) is 0 Å². The van der Waals surface area contributed by atoms with Gasteiger partial charge in [-0.2, -0.15) is 0 Å². The first-order valence-electron chi connectivity index (χ1n) is 6.38. The minimum atomic E-state index is -0.844. The van der Waals surface area contributed by atoms with Gasteiger partial charge in [-0.1, -0.05) is 32.9 Å². The molecule has 6 heteroatoms. The molecule has 0 aromatic rings. The van der Waals surface area contributed by atoms with Gasteiger partial charge in [0.2, 0.25) is 0 Å². The quantitative estimate of drug-likeness (QED) is 0.425. The Bertz CT molecular complexity index is 386. The van der Waals surface area contributed by atoms with Crippen LogP contribution in [-0.2, 0) is 24.1 Å². The summed E-state index contributed by atoms with van der Waals surface area (Å²) in [7, 11) is 0. The fraction of sp³-hybridized carbons (Fsp3) is 0.500. The fourth-order valence-corrected chi connectivity index (χ4v) is 1.04. The Morgan fingerprint density at radius 1 is 0.950 bits per heavy atom. The smallest absolute Gasteiger partial charge is 0.298 e. The maximum absolute atomic E-state index is 11.8. The van der Waals surface area contributed by atoms with Crippen LogP contribution in [0, 0.1) is 0 Å². The van der Waals surface area contributed by atoms with E-state index >= 15 is 0 Å². The summed E-state index contributed by atoms with van der Waals surface area (Å²) < 4.78 is 0. The van der Waals surface area contributed by atoms with Crippen molar-refractivity contribution in [1.29, 1.82) is 0 Å². The van der Waals surface area contributed by atoms with Gasteiger partial charge in [-0.15, -0.1) is 0 Å². The van der Waals surface area contributed by atoms with Crippen LogP contribution in [-0.4, -0.2) is 23.1 Å². The number of hydrogen-bond acceptors (Lipinski definition) is 5.